The third-order valence-corrected chi connectivity index (χ3v) is 4.56. The van der Waals surface area contributed by atoms with E-state index in [0.717, 1.165) is 29.5 Å². The summed E-state index contributed by atoms with van der Waals surface area (Å²) >= 11 is 1.66. The van der Waals surface area contributed by atoms with E-state index in [1.165, 1.54) is 25.3 Å². The van der Waals surface area contributed by atoms with Crippen LogP contribution in [0, 0.1) is 12.7 Å². The smallest absolute Gasteiger partial charge is 0.185 e. The Balaban J connectivity index is 1.90. The highest BCUT2D eigenvalue weighted by molar-refractivity contribution is 7.14. The van der Waals surface area contributed by atoms with Crippen LogP contribution in [-0.2, 0) is 0 Å². The molecule has 1 saturated heterocycles. The number of aromatic nitrogens is 1. The van der Waals surface area contributed by atoms with Crippen molar-refractivity contribution >= 4 is 16.5 Å². The molecule has 0 amide bonds. The van der Waals surface area contributed by atoms with Crippen molar-refractivity contribution in [1.82, 2.24) is 4.98 Å². The van der Waals surface area contributed by atoms with E-state index < -0.39 is 0 Å². The van der Waals surface area contributed by atoms with Gasteiger partial charge in [-0.1, -0.05) is 12.1 Å². The highest BCUT2D eigenvalue weighted by Gasteiger charge is 2.16. The molecular formula is C15H17FN2S. The second kappa shape index (κ2) is 5.29. The average molecular weight is 276 g/mol. The topological polar surface area (TPSA) is 16.1 Å². The number of benzene rings is 1. The van der Waals surface area contributed by atoms with Crippen LogP contribution in [-0.4, -0.2) is 18.1 Å². The van der Waals surface area contributed by atoms with Gasteiger partial charge in [0.25, 0.3) is 0 Å². The number of hydrogen-bond acceptors (Lipinski definition) is 3. The SMILES string of the molecule is Cc1c(F)cccc1-c1csc(N2CCCCC2)n1. The van der Waals surface area contributed by atoms with Gasteiger partial charge in [0, 0.05) is 24.0 Å². The van der Waals surface area contributed by atoms with Crippen LogP contribution in [0.1, 0.15) is 24.8 Å². The molecule has 1 aliphatic rings. The molecule has 4 heteroatoms. The van der Waals surface area contributed by atoms with Crippen LogP contribution < -0.4 is 4.90 Å². The van der Waals surface area contributed by atoms with Crippen LogP contribution in [0.5, 0.6) is 0 Å². The molecule has 1 aliphatic heterocycles. The summed E-state index contributed by atoms with van der Waals surface area (Å²) in [6, 6.07) is 5.18. The van der Waals surface area contributed by atoms with Crippen molar-refractivity contribution in [3.8, 4) is 11.3 Å². The molecule has 0 bridgehead atoms. The minimum Gasteiger partial charge on any atom is -0.348 e. The van der Waals surface area contributed by atoms with Gasteiger partial charge in [0.2, 0.25) is 0 Å². The zero-order valence-corrected chi connectivity index (χ0v) is 11.8. The Morgan fingerprint density at radius 3 is 2.79 bits per heavy atom. The molecule has 0 saturated carbocycles. The first kappa shape index (κ1) is 12.6. The summed E-state index contributed by atoms with van der Waals surface area (Å²) in [5, 5.41) is 3.10. The van der Waals surface area contributed by atoms with Gasteiger partial charge >= 0.3 is 0 Å². The summed E-state index contributed by atoms with van der Waals surface area (Å²) in [5.74, 6) is -0.162. The molecule has 0 N–H and O–H groups in total. The van der Waals surface area contributed by atoms with Gasteiger partial charge in [-0.3, -0.25) is 0 Å². The number of nitrogens with zero attached hydrogens (tertiary/aromatic N) is 2. The minimum atomic E-state index is -0.162. The molecule has 0 spiro atoms. The molecule has 1 aromatic heterocycles. The number of piperidine rings is 1. The highest BCUT2D eigenvalue weighted by Crippen LogP contribution is 2.31. The molecule has 0 aliphatic carbocycles. The lowest BCUT2D eigenvalue weighted by Gasteiger charge is -2.25. The number of thiazole rings is 1. The maximum Gasteiger partial charge on any atom is 0.185 e. The largest absolute Gasteiger partial charge is 0.348 e. The summed E-state index contributed by atoms with van der Waals surface area (Å²) in [7, 11) is 0. The van der Waals surface area contributed by atoms with Crippen molar-refractivity contribution in [2.24, 2.45) is 0 Å². The molecule has 2 nitrogen and oxygen atoms in total. The number of halogens is 1. The third kappa shape index (κ3) is 2.50. The van der Waals surface area contributed by atoms with Gasteiger partial charge in [0.05, 0.1) is 5.69 Å². The first-order chi connectivity index (χ1) is 9.25. The van der Waals surface area contributed by atoms with E-state index in [1.54, 1.807) is 17.4 Å². The van der Waals surface area contributed by atoms with Crippen LogP contribution in [0.3, 0.4) is 0 Å². The van der Waals surface area contributed by atoms with E-state index in [-0.39, 0.29) is 5.82 Å². The molecule has 19 heavy (non-hydrogen) atoms. The molecule has 2 aromatic rings. The predicted molar refractivity (Wildman–Crippen MR) is 78.3 cm³/mol. The molecular weight excluding hydrogens is 259 g/mol. The number of hydrogen-bond donors (Lipinski definition) is 0. The Hall–Kier alpha value is -1.42. The predicted octanol–water partition coefficient (Wildman–Crippen LogP) is 4.25. The van der Waals surface area contributed by atoms with Gasteiger partial charge in [-0.25, -0.2) is 9.37 Å². The third-order valence-electron chi connectivity index (χ3n) is 3.66. The summed E-state index contributed by atoms with van der Waals surface area (Å²) in [6.45, 7) is 3.99. The summed E-state index contributed by atoms with van der Waals surface area (Å²) in [5.41, 5.74) is 2.47. The lowest BCUT2D eigenvalue weighted by molar-refractivity contribution is 0.577. The van der Waals surface area contributed by atoms with E-state index in [1.807, 2.05) is 18.4 Å². The Morgan fingerprint density at radius 2 is 2.00 bits per heavy atom. The van der Waals surface area contributed by atoms with Crippen LogP contribution in [0.4, 0.5) is 9.52 Å². The standard InChI is InChI=1S/C15H17FN2S/c1-11-12(6-5-7-13(11)16)14-10-19-15(17-14)18-8-3-2-4-9-18/h5-7,10H,2-4,8-9H2,1H3. The highest BCUT2D eigenvalue weighted by atomic mass is 32.1. The first-order valence-corrected chi connectivity index (χ1v) is 7.59. The molecule has 0 radical (unpaired) electrons. The van der Waals surface area contributed by atoms with Gasteiger partial charge in [-0.2, -0.15) is 0 Å². The Bertz CT molecular complexity index is 573. The number of rotatable bonds is 2. The van der Waals surface area contributed by atoms with E-state index in [9.17, 15) is 4.39 Å². The molecule has 2 heterocycles. The lowest BCUT2D eigenvalue weighted by atomic mass is 10.1. The molecule has 0 unspecified atom stereocenters. The maximum atomic E-state index is 13.6. The second-order valence-electron chi connectivity index (χ2n) is 4.98. The van der Waals surface area contributed by atoms with E-state index >= 15 is 0 Å². The zero-order valence-electron chi connectivity index (χ0n) is 11.0. The minimum absolute atomic E-state index is 0.162. The van der Waals surface area contributed by atoms with E-state index in [4.69, 9.17) is 0 Å². The van der Waals surface area contributed by atoms with Crippen LogP contribution in [0.2, 0.25) is 0 Å². The fourth-order valence-electron chi connectivity index (χ4n) is 2.50. The van der Waals surface area contributed by atoms with Crippen molar-refractivity contribution < 1.29 is 4.39 Å². The first-order valence-electron chi connectivity index (χ1n) is 6.71. The van der Waals surface area contributed by atoms with Crippen LogP contribution >= 0.6 is 11.3 Å². The fourth-order valence-corrected chi connectivity index (χ4v) is 3.38. The molecule has 1 aromatic carbocycles. The average Bonchev–Trinajstić information content (AvgIpc) is 2.92. The summed E-state index contributed by atoms with van der Waals surface area (Å²) in [6.07, 6.45) is 3.81. The van der Waals surface area contributed by atoms with Gasteiger partial charge < -0.3 is 4.90 Å². The van der Waals surface area contributed by atoms with Crippen molar-refractivity contribution in [2.45, 2.75) is 26.2 Å². The quantitative estimate of drug-likeness (QED) is 0.815. The monoisotopic (exact) mass is 276 g/mol. The van der Waals surface area contributed by atoms with Crippen molar-refractivity contribution in [1.29, 1.82) is 0 Å². The van der Waals surface area contributed by atoms with Crippen molar-refractivity contribution in [2.75, 3.05) is 18.0 Å². The summed E-state index contributed by atoms with van der Waals surface area (Å²) in [4.78, 5) is 7.02. The van der Waals surface area contributed by atoms with Crippen molar-refractivity contribution in [3.05, 3.63) is 35.0 Å². The maximum absolute atomic E-state index is 13.6. The lowest BCUT2D eigenvalue weighted by Crippen LogP contribution is -2.29. The van der Waals surface area contributed by atoms with Gasteiger partial charge in [0.15, 0.2) is 5.13 Å². The van der Waals surface area contributed by atoms with Gasteiger partial charge in [-0.05, 0) is 37.8 Å². The molecule has 1 fully saturated rings. The molecule has 0 atom stereocenters. The van der Waals surface area contributed by atoms with E-state index in [2.05, 4.69) is 9.88 Å². The Morgan fingerprint density at radius 1 is 1.21 bits per heavy atom. The Kier molecular flexibility index (Phi) is 3.51. The fraction of sp³-hybridized carbons (Fsp3) is 0.400. The van der Waals surface area contributed by atoms with Crippen molar-refractivity contribution in [3.63, 3.8) is 0 Å². The zero-order chi connectivity index (χ0) is 13.2. The normalized spacial score (nSPS) is 15.8. The van der Waals surface area contributed by atoms with E-state index in [0.29, 0.717) is 5.56 Å². The number of anilines is 1. The van der Waals surface area contributed by atoms with Crippen LogP contribution in [0.25, 0.3) is 11.3 Å². The molecule has 100 valence electrons. The van der Waals surface area contributed by atoms with Gasteiger partial charge in [-0.15, -0.1) is 11.3 Å². The summed E-state index contributed by atoms with van der Waals surface area (Å²) < 4.78 is 13.6. The van der Waals surface area contributed by atoms with Crippen LogP contribution in [0.15, 0.2) is 23.6 Å². The van der Waals surface area contributed by atoms with Gasteiger partial charge in [0.1, 0.15) is 5.82 Å². The molecule has 3 rings (SSSR count). The Labute approximate surface area is 116 Å². The second-order valence-corrected chi connectivity index (χ2v) is 5.81.